The van der Waals surface area contributed by atoms with Crippen molar-refractivity contribution in [1.29, 1.82) is 0 Å². The number of hydrogen-bond donors (Lipinski definition) is 1. The summed E-state index contributed by atoms with van der Waals surface area (Å²) < 4.78 is 15.3. The highest BCUT2D eigenvalue weighted by molar-refractivity contribution is 5.87. The molecular formula is C25H34FN3. The molecule has 0 radical (unpaired) electrons. The molecule has 0 atom stereocenters. The lowest BCUT2D eigenvalue weighted by Gasteiger charge is -2.22. The zero-order valence-corrected chi connectivity index (χ0v) is 18.9. The molecule has 0 bridgehead atoms. The summed E-state index contributed by atoms with van der Waals surface area (Å²) in [5.41, 5.74) is 7.69. The Morgan fingerprint density at radius 2 is 1.76 bits per heavy atom. The van der Waals surface area contributed by atoms with Gasteiger partial charge < -0.3 is 9.88 Å². The summed E-state index contributed by atoms with van der Waals surface area (Å²) in [6, 6.07) is 8.77. The number of nitrogens with one attached hydrogen (secondary N) is 1. The number of anilines is 1. The van der Waals surface area contributed by atoms with E-state index in [2.05, 4.69) is 62.1 Å². The van der Waals surface area contributed by atoms with Crippen LogP contribution in [0.25, 0.3) is 11.0 Å². The number of rotatable bonds is 5. The zero-order valence-electron chi connectivity index (χ0n) is 18.9. The molecule has 0 unspecified atom stereocenters. The van der Waals surface area contributed by atoms with Gasteiger partial charge in [0, 0.05) is 23.5 Å². The lowest BCUT2D eigenvalue weighted by atomic mass is 9.90. The fourth-order valence-electron chi connectivity index (χ4n) is 3.49. The van der Waals surface area contributed by atoms with Crippen LogP contribution in [0.3, 0.4) is 0 Å². The van der Waals surface area contributed by atoms with Gasteiger partial charge in [-0.15, -0.1) is 0 Å². The Hall–Kier alpha value is -2.62. The molecule has 1 N–H and O–H groups in total. The Kier molecular flexibility index (Phi) is 7.23. The lowest BCUT2D eigenvalue weighted by Crippen LogP contribution is -2.11. The summed E-state index contributed by atoms with van der Waals surface area (Å²) in [7, 11) is 0. The van der Waals surface area contributed by atoms with Crippen LogP contribution >= 0.6 is 0 Å². The summed E-state index contributed by atoms with van der Waals surface area (Å²) in [4.78, 5) is 4.63. The minimum Gasteiger partial charge on any atom is -0.359 e. The van der Waals surface area contributed by atoms with Crippen LogP contribution in [0.15, 0.2) is 48.9 Å². The number of hydrogen-bond acceptors (Lipinski definition) is 2. The molecule has 0 aliphatic rings. The Morgan fingerprint density at radius 1 is 1.14 bits per heavy atom. The second-order valence-corrected chi connectivity index (χ2v) is 8.53. The smallest absolute Gasteiger partial charge is 0.123 e. The maximum absolute atomic E-state index is 13.1. The van der Waals surface area contributed by atoms with Gasteiger partial charge in [0.25, 0.3) is 0 Å². The van der Waals surface area contributed by atoms with E-state index in [1.165, 1.54) is 12.1 Å². The molecular weight excluding hydrogens is 361 g/mol. The highest BCUT2D eigenvalue weighted by Gasteiger charge is 2.16. The fourth-order valence-corrected chi connectivity index (χ4v) is 3.49. The van der Waals surface area contributed by atoms with E-state index in [1.807, 2.05) is 32.3 Å². The van der Waals surface area contributed by atoms with Crippen molar-refractivity contribution in [2.45, 2.75) is 61.4 Å². The third-order valence-corrected chi connectivity index (χ3v) is 4.67. The average Bonchev–Trinajstić information content (AvgIpc) is 3.03. The van der Waals surface area contributed by atoms with Crippen LogP contribution in [-0.4, -0.2) is 9.55 Å². The molecule has 156 valence electrons. The molecule has 1 aromatic heterocycles. The largest absolute Gasteiger partial charge is 0.359 e. The van der Waals surface area contributed by atoms with Crippen molar-refractivity contribution >= 4 is 16.7 Å². The van der Waals surface area contributed by atoms with Crippen LogP contribution in [0.5, 0.6) is 0 Å². The molecule has 0 fully saturated rings. The molecule has 29 heavy (non-hydrogen) atoms. The van der Waals surface area contributed by atoms with Gasteiger partial charge >= 0.3 is 0 Å². The molecule has 0 saturated heterocycles. The number of benzene rings is 2. The molecule has 3 nitrogen and oxygen atoms in total. The fraction of sp³-hybridized carbons (Fsp3) is 0.400. The normalized spacial score (nSPS) is 11.2. The molecule has 0 amide bonds. The molecule has 2 aromatic carbocycles. The first-order valence-electron chi connectivity index (χ1n) is 10.3. The van der Waals surface area contributed by atoms with Crippen molar-refractivity contribution in [3.8, 4) is 0 Å². The molecule has 0 aliphatic carbocycles. The number of nitrogens with zero attached hydrogens (tertiary/aromatic N) is 2. The number of halogens is 1. The standard InChI is InChI=1S/C23H28FN3.C2H6/c1-15-11-20-22(17(3)21(15)26-16(2)12-23(4,5)6)25-14-27(20)13-18-7-9-19(24)10-8-18;1-2/h7-11,14,26H,2,12-13H2,1,3-6H3;1-2H3. The van der Waals surface area contributed by atoms with E-state index in [0.717, 1.165) is 45.5 Å². The number of imidazole rings is 1. The molecule has 3 aromatic rings. The van der Waals surface area contributed by atoms with Gasteiger partial charge in [0.1, 0.15) is 5.82 Å². The van der Waals surface area contributed by atoms with Crippen molar-refractivity contribution in [2.24, 2.45) is 5.41 Å². The van der Waals surface area contributed by atoms with E-state index in [0.29, 0.717) is 6.54 Å². The van der Waals surface area contributed by atoms with Crippen molar-refractivity contribution in [2.75, 3.05) is 5.32 Å². The highest BCUT2D eigenvalue weighted by Crippen LogP contribution is 2.32. The van der Waals surface area contributed by atoms with Crippen molar-refractivity contribution in [1.82, 2.24) is 9.55 Å². The highest BCUT2D eigenvalue weighted by atomic mass is 19.1. The summed E-state index contributed by atoms with van der Waals surface area (Å²) in [5.74, 6) is -0.216. The van der Waals surface area contributed by atoms with E-state index >= 15 is 0 Å². The second kappa shape index (κ2) is 9.25. The molecule has 4 heteroatoms. The topological polar surface area (TPSA) is 29.9 Å². The minimum absolute atomic E-state index is 0.187. The van der Waals surface area contributed by atoms with Crippen molar-refractivity contribution < 1.29 is 4.39 Å². The van der Waals surface area contributed by atoms with Gasteiger partial charge in [-0.25, -0.2) is 9.37 Å². The predicted octanol–water partition coefficient (Wildman–Crippen LogP) is 7.23. The summed E-state index contributed by atoms with van der Waals surface area (Å²) in [6.07, 6.45) is 2.76. The summed E-state index contributed by atoms with van der Waals surface area (Å²) in [5, 5.41) is 3.51. The van der Waals surface area contributed by atoms with E-state index in [1.54, 1.807) is 0 Å². The quantitative estimate of drug-likeness (QED) is 0.494. The molecule has 0 spiro atoms. The number of allylic oxidation sites excluding steroid dienone is 1. The van der Waals surface area contributed by atoms with Crippen LogP contribution in [0.1, 0.15) is 57.7 Å². The van der Waals surface area contributed by atoms with Gasteiger partial charge in [-0.2, -0.15) is 0 Å². The maximum Gasteiger partial charge on any atom is 0.123 e. The Labute approximate surface area is 174 Å². The Balaban J connectivity index is 0.00000145. The van der Waals surface area contributed by atoms with Crippen LogP contribution < -0.4 is 5.32 Å². The second-order valence-electron chi connectivity index (χ2n) is 8.53. The van der Waals surface area contributed by atoms with Crippen LogP contribution in [0.4, 0.5) is 10.1 Å². The van der Waals surface area contributed by atoms with E-state index in [9.17, 15) is 4.39 Å². The number of fused-ring (bicyclic) bond motifs is 1. The third-order valence-electron chi connectivity index (χ3n) is 4.67. The van der Waals surface area contributed by atoms with Gasteiger partial charge in [-0.05, 0) is 55.0 Å². The molecule has 3 rings (SSSR count). The van der Waals surface area contributed by atoms with E-state index in [-0.39, 0.29) is 11.2 Å². The monoisotopic (exact) mass is 395 g/mol. The van der Waals surface area contributed by atoms with Crippen LogP contribution in [0.2, 0.25) is 0 Å². The van der Waals surface area contributed by atoms with Gasteiger partial charge in [0.05, 0.1) is 17.4 Å². The first-order chi connectivity index (χ1) is 13.6. The first-order valence-corrected chi connectivity index (χ1v) is 10.3. The van der Waals surface area contributed by atoms with Gasteiger partial charge in [0.2, 0.25) is 0 Å². The van der Waals surface area contributed by atoms with Crippen molar-refractivity contribution in [3.05, 3.63) is 71.4 Å². The van der Waals surface area contributed by atoms with E-state index in [4.69, 9.17) is 0 Å². The van der Waals surface area contributed by atoms with E-state index < -0.39 is 0 Å². The van der Waals surface area contributed by atoms with Gasteiger partial charge in [0.15, 0.2) is 0 Å². The SMILES string of the molecule is C=C(CC(C)(C)C)Nc1c(C)cc2c(ncn2Cc2ccc(F)cc2)c1C.CC. The Morgan fingerprint density at radius 3 is 2.34 bits per heavy atom. The van der Waals surface area contributed by atoms with Crippen LogP contribution in [-0.2, 0) is 6.54 Å². The van der Waals surface area contributed by atoms with Gasteiger partial charge in [-0.3, -0.25) is 0 Å². The van der Waals surface area contributed by atoms with Crippen molar-refractivity contribution in [3.63, 3.8) is 0 Å². The Bertz CT molecular complexity index is 976. The van der Waals surface area contributed by atoms with Crippen LogP contribution in [0, 0.1) is 25.1 Å². The molecule has 1 heterocycles. The third kappa shape index (κ3) is 5.69. The summed E-state index contributed by atoms with van der Waals surface area (Å²) in [6.45, 7) is 19.7. The molecule has 0 aliphatic heterocycles. The first kappa shape index (κ1) is 22.7. The number of aromatic nitrogens is 2. The maximum atomic E-state index is 13.1. The van der Waals surface area contributed by atoms with Gasteiger partial charge in [-0.1, -0.05) is 53.3 Å². The zero-order chi connectivity index (χ0) is 21.8. The summed E-state index contributed by atoms with van der Waals surface area (Å²) >= 11 is 0. The lowest BCUT2D eigenvalue weighted by molar-refractivity contribution is 0.411. The average molecular weight is 396 g/mol. The molecule has 0 saturated carbocycles. The predicted molar refractivity (Wildman–Crippen MR) is 123 cm³/mol. The minimum atomic E-state index is -0.216. The number of aryl methyl sites for hydroxylation is 2.